The predicted molar refractivity (Wildman–Crippen MR) is 81.8 cm³/mol. The van der Waals surface area contributed by atoms with E-state index >= 15 is 0 Å². The van der Waals surface area contributed by atoms with Gasteiger partial charge in [-0.15, -0.1) is 0 Å². The maximum atomic E-state index is 13.7. The normalized spacial score (nSPS) is 22.1. The summed E-state index contributed by atoms with van der Waals surface area (Å²) in [5.41, 5.74) is 0.282. The molecular formula is C14H17FN2O2S2. The van der Waals surface area contributed by atoms with E-state index in [2.05, 4.69) is 4.72 Å². The van der Waals surface area contributed by atoms with E-state index in [0.29, 0.717) is 0 Å². The second-order valence-electron chi connectivity index (χ2n) is 5.11. The number of nitrogens with zero attached hydrogens (tertiary/aromatic N) is 1. The summed E-state index contributed by atoms with van der Waals surface area (Å²) in [5.74, 6) is -1.04. The lowest BCUT2D eigenvalue weighted by molar-refractivity contribution is 0.551. The van der Waals surface area contributed by atoms with Gasteiger partial charge in [-0.1, -0.05) is 6.42 Å². The smallest absolute Gasteiger partial charge is 0.212 e. The Labute approximate surface area is 128 Å². The number of benzene rings is 1. The first-order chi connectivity index (χ1) is 9.95. The number of hydrogen-bond donors (Lipinski definition) is 1. The molecule has 0 amide bonds. The van der Waals surface area contributed by atoms with Gasteiger partial charge in [-0.3, -0.25) is 0 Å². The fraction of sp³-hybridized carbons (Fsp3) is 0.500. The highest BCUT2D eigenvalue weighted by atomic mass is 32.2. The molecule has 1 N–H and O–H groups in total. The molecule has 7 heteroatoms. The van der Waals surface area contributed by atoms with Gasteiger partial charge in [0, 0.05) is 16.9 Å². The summed E-state index contributed by atoms with van der Waals surface area (Å²) in [6.07, 6.45) is 4.77. The van der Waals surface area contributed by atoms with Crippen LogP contribution in [0.1, 0.15) is 30.4 Å². The summed E-state index contributed by atoms with van der Waals surface area (Å²) in [4.78, 5) is 0. The van der Waals surface area contributed by atoms with E-state index in [9.17, 15) is 12.8 Å². The Morgan fingerprint density at radius 1 is 1.48 bits per heavy atom. The van der Waals surface area contributed by atoms with Crippen LogP contribution in [0.2, 0.25) is 0 Å². The van der Waals surface area contributed by atoms with E-state index in [1.54, 1.807) is 11.8 Å². The molecule has 0 saturated heterocycles. The summed E-state index contributed by atoms with van der Waals surface area (Å²) in [5, 5.41) is 9.08. The second-order valence-corrected chi connectivity index (χ2v) is 7.94. The maximum absolute atomic E-state index is 13.7. The van der Waals surface area contributed by atoms with E-state index in [1.165, 1.54) is 12.1 Å². The summed E-state index contributed by atoms with van der Waals surface area (Å²) >= 11 is 1.65. The van der Waals surface area contributed by atoms with Crippen molar-refractivity contribution in [2.24, 2.45) is 0 Å². The van der Waals surface area contributed by atoms with Crippen LogP contribution in [0.25, 0.3) is 0 Å². The third-order valence-electron chi connectivity index (χ3n) is 3.61. The topological polar surface area (TPSA) is 70.0 Å². The number of halogens is 1. The molecule has 4 nitrogen and oxygen atoms in total. The monoisotopic (exact) mass is 328 g/mol. The zero-order valence-corrected chi connectivity index (χ0v) is 13.3. The third kappa shape index (κ3) is 4.19. The van der Waals surface area contributed by atoms with Gasteiger partial charge in [0.2, 0.25) is 10.0 Å². The van der Waals surface area contributed by atoms with Crippen LogP contribution in [0.15, 0.2) is 18.2 Å². The molecule has 1 fully saturated rings. The number of nitrogens with one attached hydrogen (secondary N) is 1. The van der Waals surface area contributed by atoms with Gasteiger partial charge in [0.05, 0.1) is 17.4 Å². The van der Waals surface area contributed by atoms with E-state index in [4.69, 9.17) is 5.26 Å². The molecule has 1 aromatic rings. The van der Waals surface area contributed by atoms with Crippen LogP contribution in [-0.2, 0) is 15.8 Å². The van der Waals surface area contributed by atoms with Crippen molar-refractivity contribution in [2.45, 2.75) is 36.3 Å². The van der Waals surface area contributed by atoms with Crippen molar-refractivity contribution >= 4 is 21.8 Å². The predicted octanol–water partition coefficient (Wildman–Crippen LogP) is 2.40. The van der Waals surface area contributed by atoms with Crippen LogP contribution >= 0.6 is 11.8 Å². The Hall–Kier alpha value is -1.10. The van der Waals surface area contributed by atoms with Gasteiger partial charge in [-0.05, 0) is 37.3 Å². The quantitative estimate of drug-likeness (QED) is 0.901. The molecule has 0 radical (unpaired) electrons. The molecule has 0 heterocycles. The van der Waals surface area contributed by atoms with Gasteiger partial charge >= 0.3 is 0 Å². The van der Waals surface area contributed by atoms with Gasteiger partial charge in [0.1, 0.15) is 5.82 Å². The molecular weight excluding hydrogens is 311 g/mol. The largest absolute Gasteiger partial charge is 0.216 e. The Morgan fingerprint density at radius 3 is 2.90 bits per heavy atom. The zero-order chi connectivity index (χ0) is 15.5. The van der Waals surface area contributed by atoms with Gasteiger partial charge in [-0.2, -0.15) is 17.0 Å². The molecule has 21 heavy (non-hydrogen) atoms. The molecule has 0 aromatic heterocycles. The Morgan fingerprint density at radius 2 is 2.24 bits per heavy atom. The molecule has 1 aliphatic carbocycles. The SMILES string of the molecule is CS[C@@H]1CCC[C@H]1NS(=O)(=O)Cc1cc(C#N)ccc1F. The van der Waals surface area contributed by atoms with Crippen molar-refractivity contribution in [3.63, 3.8) is 0 Å². The summed E-state index contributed by atoms with van der Waals surface area (Å²) < 4.78 is 40.8. The van der Waals surface area contributed by atoms with E-state index in [1.807, 2.05) is 12.3 Å². The van der Waals surface area contributed by atoms with Gasteiger partial charge in [0.15, 0.2) is 0 Å². The standard InChI is InChI=1S/C14H17FN2O2S2/c1-20-14-4-2-3-13(14)17-21(18,19)9-11-7-10(8-16)5-6-12(11)15/h5-7,13-14,17H,2-4,9H2,1H3/t13-,14-/m1/s1. The van der Waals surface area contributed by atoms with Crippen molar-refractivity contribution in [1.82, 2.24) is 4.72 Å². The number of nitriles is 1. The summed E-state index contributed by atoms with van der Waals surface area (Å²) in [7, 11) is -3.62. The molecule has 114 valence electrons. The average molecular weight is 328 g/mol. The molecule has 0 aliphatic heterocycles. The first kappa shape index (κ1) is 16.3. The van der Waals surface area contributed by atoms with Crippen molar-refractivity contribution in [3.05, 3.63) is 35.1 Å². The van der Waals surface area contributed by atoms with Gasteiger partial charge in [-0.25, -0.2) is 17.5 Å². The highest BCUT2D eigenvalue weighted by Gasteiger charge is 2.30. The van der Waals surface area contributed by atoms with Crippen LogP contribution < -0.4 is 4.72 Å². The molecule has 0 unspecified atom stereocenters. The Bertz CT molecular complexity index is 655. The number of hydrogen-bond acceptors (Lipinski definition) is 4. The van der Waals surface area contributed by atoms with Crippen LogP contribution in [0, 0.1) is 17.1 Å². The third-order valence-corrected chi connectivity index (χ3v) is 6.13. The lowest BCUT2D eigenvalue weighted by Crippen LogP contribution is -2.39. The van der Waals surface area contributed by atoms with Gasteiger partial charge in [0.25, 0.3) is 0 Å². The number of thioether (sulfide) groups is 1. The molecule has 0 bridgehead atoms. The molecule has 0 spiro atoms. The molecule has 1 saturated carbocycles. The molecule has 2 atom stereocenters. The van der Waals surface area contributed by atoms with E-state index in [0.717, 1.165) is 25.3 Å². The lowest BCUT2D eigenvalue weighted by Gasteiger charge is -2.19. The maximum Gasteiger partial charge on any atom is 0.216 e. The minimum atomic E-state index is -3.62. The van der Waals surface area contributed by atoms with Crippen molar-refractivity contribution < 1.29 is 12.8 Å². The fourth-order valence-corrected chi connectivity index (χ4v) is 5.05. The van der Waals surface area contributed by atoms with Crippen molar-refractivity contribution in [2.75, 3.05) is 6.26 Å². The van der Waals surface area contributed by atoms with Crippen LogP contribution in [0.3, 0.4) is 0 Å². The second kappa shape index (κ2) is 6.77. The Kier molecular flexibility index (Phi) is 5.25. The summed E-state index contributed by atoms with van der Waals surface area (Å²) in [6.45, 7) is 0. The molecule has 2 rings (SSSR count). The first-order valence-corrected chi connectivity index (χ1v) is 9.60. The van der Waals surface area contributed by atoms with Crippen molar-refractivity contribution in [1.29, 1.82) is 5.26 Å². The Balaban J connectivity index is 2.13. The highest BCUT2D eigenvalue weighted by Crippen LogP contribution is 2.29. The minimum absolute atomic E-state index is 0.0280. The lowest BCUT2D eigenvalue weighted by atomic mass is 10.1. The van der Waals surface area contributed by atoms with E-state index < -0.39 is 21.6 Å². The van der Waals surface area contributed by atoms with E-state index in [-0.39, 0.29) is 22.4 Å². The van der Waals surface area contributed by atoms with Crippen LogP contribution in [-0.4, -0.2) is 26.0 Å². The zero-order valence-electron chi connectivity index (χ0n) is 11.7. The first-order valence-electron chi connectivity index (χ1n) is 6.66. The molecule has 1 aromatic carbocycles. The number of rotatable bonds is 5. The van der Waals surface area contributed by atoms with Gasteiger partial charge < -0.3 is 0 Å². The average Bonchev–Trinajstić information content (AvgIpc) is 2.87. The minimum Gasteiger partial charge on any atom is -0.212 e. The fourth-order valence-electron chi connectivity index (χ4n) is 2.57. The molecule has 1 aliphatic rings. The van der Waals surface area contributed by atoms with Crippen LogP contribution in [0.5, 0.6) is 0 Å². The highest BCUT2D eigenvalue weighted by molar-refractivity contribution is 7.99. The number of sulfonamides is 1. The summed E-state index contributed by atoms with van der Waals surface area (Å²) in [6, 6.07) is 5.54. The van der Waals surface area contributed by atoms with Crippen molar-refractivity contribution in [3.8, 4) is 6.07 Å². The van der Waals surface area contributed by atoms with Crippen LogP contribution in [0.4, 0.5) is 4.39 Å².